The second-order valence-electron chi connectivity index (χ2n) is 11.9. The summed E-state index contributed by atoms with van der Waals surface area (Å²) in [4.78, 5) is 49.5. The van der Waals surface area contributed by atoms with E-state index >= 15 is 0 Å². The first-order valence-electron chi connectivity index (χ1n) is 15.2. The van der Waals surface area contributed by atoms with Crippen molar-refractivity contribution >= 4 is 23.5 Å². The second kappa shape index (κ2) is 12.9. The average molecular weight is 607 g/mol. The Hall–Kier alpha value is -5.03. The van der Waals surface area contributed by atoms with Gasteiger partial charge in [0, 0.05) is 81.4 Å². The fraction of sp³-hybridized carbons (Fsp3) is 0.324. The van der Waals surface area contributed by atoms with Crippen LogP contribution in [0.15, 0.2) is 73.2 Å². The predicted octanol–water partition coefficient (Wildman–Crippen LogP) is 2.69. The maximum Gasteiger partial charge on any atom is 0.255 e. The number of rotatable bonds is 7. The molecule has 2 aromatic heterocycles. The largest absolute Gasteiger partial charge is 0.383 e. The van der Waals surface area contributed by atoms with E-state index in [1.54, 1.807) is 28.0 Å². The molecular weight excluding hydrogens is 568 g/mol. The molecule has 45 heavy (non-hydrogen) atoms. The van der Waals surface area contributed by atoms with E-state index in [-0.39, 0.29) is 29.6 Å². The molecule has 0 unspecified atom stereocenters. The molecule has 0 aliphatic carbocycles. The number of benzene rings is 2. The van der Waals surface area contributed by atoms with E-state index < -0.39 is 0 Å². The van der Waals surface area contributed by atoms with Gasteiger partial charge in [0.05, 0.1) is 18.2 Å². The van der Waals surface area contributed by atoms with Gasteiger partial charge in [-0.2, -0.15) is 5.10 Å². The SMILES string of the molecule is CN1CCN(C(=O)Cc2ccc(-c3cccc(C(=O)N4CC[C@@H](NC(=O)c5cc(-c6cnn(C)c6)cnc5N)C4)c3)cc2)CC1. The molecular formula is C34H38N8O3. The summed E-state index contributed by atoms with van der Waals surface area (Å²) in [6.07, 6.45) is 6.20. The lowest BCUT2D eigenvalue weighted by Crippen LogP contribution is -2.47. The lowest BCUT2D eigenvalue weighted by molar-refractivity contribution is -0.132. The number of carbonyl (C=O) groups is 3. The van der Waals surface area contributed by atoms with Crippen LogP contribution in [0.3, 0.4) is 0 Å². The van der Waals surface area contributed by atoms with Gasteiger partial charge in [-0.1, -0.05) is 36.4 Å². The molecule has 11 heteroatoms. The number of piperazine rings is 1. The molecule has 2 aliphatic heterocycles. The molecule has 232 valence electrons. The zero-order valence-electron chi connectivity index (χ0n) is 25.6. The first kappa shape index (κ1) is 30.0. The van der Waals surface area contributed by atoms with Crippen molar-refractivity contribution in [2.45, 2.75) is 18.9 Å². The zero-order chi connectivity index (χ0) is 31.5. The van der Waals surface area contributed by atoms with Gasteiger partial charge < -0.3 is 25.8 Å². The highest BCUT2D eigenvalue weighted by Gasteiger charge is 2.29. The van der Waals surface area contributed by atoms with Crippen molar-refractivity contribution in [2.75, 3.05) is 52.0 Å². The Bertz CT molecular complexity index is 1710. The van der Waals surface area contributed by atoms with Crippen molar-refractivity contribution in [1.29, 1.82) is 0 Å². The maximum atomic E-state index is 13.5. The van der Waals surface area contributed by atoms with E-state index in [0.29, 0.717) is 37.1 Å². The van der Waals surface area contributed by atoms with Gasteiger partial charge in [-0.25, -0.2) is 4.98 Å². The van der Waals surface area contributed by atoms with Crippen LogP contribution < -0.4 is 11.1 Å². The molecule has 0 saturated carbocycles. The fourth-order valence-electron chi connectivity index (χ4n) is 5.88. The molecule has 3 amide bonds. The third kappa shape index (κ3) is 6.88. The molecule has 3 N–H and O–H groups in total. The number of nitrogen functional groups attached to an aromatic ring is 1. The van der Waals surface area contributed by atoms with E-state index in [4.69, 9.17) is 5.73 Å². The number of hydrogen-bond acceptors (Lipinski definition) is 7. The van der Waals surface area contributed by atoms with E-state index in [2.05, 4.69) is 27.3 Å². The van der Waals surface area contributed by atoms with Gasteiger partial charge in [0.1, 0.15) is 5.82 Å². The molecule has 0 bridgehead atoms. The molecule has 1 atom stereocenters. The van der Waals surface area contributed by atoms with Gasteiger partial charge in [0.15, 0.2) is 0 Å². The number of nitrogens with zero attached hydrogens (tertiary/aromatic N) is 6. The highest BCUT2D eigenvalue weighted by molar-refractivity contribution is 6.00. The van der Waals surface area contributed by atoms with Gasteiger partial charge >= 0.3 is 0 Å². The van der Waals surface area contributed by atoms with Crippen LogP contribution in [0.1, 0.15) is 32.7 Å². The van der Waals surface area contributed by atoms with Crippen LogP contribution in [-0.4, -0.2) is 99.5 Å². The van der Waals surface area contributed by atoms with Crippen molar-refractivity contribution in [2.24, 2.45) is 7.05 Å². The summed E-state index contributed by atoms with van der Waals surface area (Å²) in [7, 11) is 3.90. The van der Waals surface area contributed by atoms with Gasteiger partial charge in [-0.15, -0.1) is 0 Å². The van der Waals surface area contributed by atoms with Crippen molar-refractivity contribution in [3.8, 4) is 22.3 Å². The van der Waals surface area contributed by atoms with Crippen molar-refractivity contribution in [3.05, 3.63) is 89.9 Å². The fourth-order valence-corrected chi connectivity index (χ4v) is 5.88. The molecule has 4 heterocycles. The minimum Gasteiger partial charge on any atom is -0.383 e. The highest BCUT2D eigenvalue weighted by Crippen LogP contribution is 2.25. The van der Waals surface area contributed by atoms with Gasteiger partial charge in [0.25, 0.3) is 11.8 Å². The molecule has 2 fully saturated rings. The van der Waals surface area contributed by atoms with Crippen LogP contribution >= 0.6 is 0 Å². The number of anilines is 1. The number of amides is 3. The van der Waals surface area contributed by atoms with Crippen LogP contribution in [0.2, 0.25) is 0 Å². The number of likely N-dealkylation sites (tertiary alicyclic amines) is 1. The van der Waals surface area contributed by atoms with E-state index in [1.165, 1.54) is 0 Å². The van der Waals surface area contributed by atoms with Crippen LogP contribution in [-0.2, 0) is 18.3 Å². The normalized spacial score (nSPS) is 17.0. The molecule has 6 rings (SSSR count). The Balaban J connectivity index is 1.06. The molecule has 0 radical (unpaired) electrons. The summed E-state index contributed by atoms with van der Waals surface area (Å²) < 4.78 is 1.68. The molecule has 11 nitrogen and oxygen atoms in total. The molecule has 0 spiro atoms. The summed E-state index contributed by atoms with van der Waals surface area (Å²) in [6.45, 7) is 4.28. The molecule has 2 saturated heterocycles. The second-order valence-corrected chi connectivity index (χ2v) is 11.9. The predicted molar refractivity (Wildman–Crippen MR) is 172 cm³/mol. The topological polar surface area (TPSA) is 130 Å². The summed E-state index contributed by atoms with van der Waals surface area (Å²) in [5.41, 5.74) is 11.4. The number of carbonyl (C=O) groups excluding carboxylic acids is 3. The first-order valence-corrected chi connectivity index (χ1v) is 15.2. The number of hydrogen-bond donors (Lipinski definition) is 2. The Kier molecular flexibility index (Phi) is 8.61. The Morgan fingerprint density at radius 3 is 2.38 bits per heavy atom. The quantitative estimate of drug-likeness (QED) is 0.331. The lowest BCUT2D eigenvalue weighted by atomic mass is 10.0. The molecule has 2 aliphatic rings. The minimum absolute atomic E-state index is 0.0808. The van der Waals surface area contributed by atoms with Gasteiger partial charge in [-0.05, 0) is 48.4 Å². The molecule has 4 aromatic rings. The maximum absolute atomic E-state index is 13.5. The Labute approximate surface area is 262 Å². The summed E-state index contributed by atoms with van der Waals surface area (Å²) in [6, 6.07) is 17.1. The number of nitrogens with two attached hydrogens (primary N) is 1. The third-order valence-corrected chi connectivity index (χ3v) is 8.62. The third-order valence-electron chi connectivity index (χ3n) is 8.62. The number of aryl methyl sites for hydroxylation is 1. The number of nitrogens with one attached hydrogen (secondary N) is 1. The Morgan fingerprint density at radius 1 is 0.867 bits per heavy atom. The standard InChI is InChI=1S/C34H38N8O3/c1-39-12-14-41(15-13-39)31(43)16-23-6-8-24(9-7-23)25-4-3-5-26(17-25)34(45)42-11-10-29(22-42)38-33(44)30-18-27(19-36-32(30)35)28-20-37-40(2)21-28/h3-9,17-21,29H,10-16,22H2,1-2H3,(H2,35,36)(H,38,44)/t29-/m1/s1. The van der Waals surface area contributed by atoms with Crippen LogP contribution in [0, 0.1) is 0 Å². The van der Waals surface area contributed by atoms with E-state index in [0.717, 1.165) is 54.0 Å². The van der Waals surface area contributed by atoms with E-state index in [1.807, 2.05) is 66.7 Å². The summed E-state index contributed by atoms with van der Waals surface area (Å²) in [5.74, 6) is -0.0945. The van der Waals surface area contributed by atoms with Gasteiger partial charge in [0.2, 0.25) is 5.91 Å². The van der Waals surface area contributed by atoms with Crippen molar-refractivity contribution in [1.82, 2.24) is 34.8 Å². The van der Waals surface area contributed by atoms with Crippen molar-refractivity contribution in [3.63, 3.8) is 0 Å². The van der Waals surface area contributed by atoms with Crippen LogP contribution in [0.5, 0.6) is 0 Å². The van der Waals surface area contributed by atoms with Crippen LogP contribution in [0.4, 0.5) is 5.82 Å². The lowest BCUT2D eigenvalue weighted by Gasteiger charge is -2.32. The smallest absolute Gasteiger partial charge is 0.255 e. The minimum atomic E-state index is -0.319. The Morgan fingerprint density at radius 2 is 1.64 bits per heavy atom. The number of likely N-dealkylation sites (N-methyl/N-ethyl adjacent to an activating group) is 1. The monoisotopic (exact) mass is 606 g/mol. The van der Waals surface area contributed by atoms with Gasteiger partial charge in [-0.3, -0.25) is 19.1 Å². The van der Waals surface area contributed by atoms with Crippen LogP contribution in [0.25, 0.3) is 22.3 Å². The zero-order valence-corrected chi connectivity index (χ0v) is 25.6. The van der Waals surface area contributed by atoms with Crippen molar-refractivity contribution < 1.29 is 14.4 Å². The molecule has 2 aromatic carbocycles. The number of aromatic nitrogens is 3. The highest BCUT2D eigenvalue weighted by atomic mass is 16.2. The summed E-state index contributed by atoms with van der Waals surface area (Å²) in [5, 5.41) is 7.21. The summed E-state index contributed by atoms with van der Waals surface area (Å²) >= 11 is 0. The first-order chi connectivity index (χ1) is 21.7. The van der Waals surface area contributed by atoms with E-state index in [9.17, 15) is 14.4 Å². The number of pyridine rings is 1. The average Bonchev–Trinajstić information content (AvgIpc) is 3.70.